The second-order valence-electron chi connectivity index (χ2n) is 2.91. The number of ether oxygens (including phenoxy) is 1. The van der Waals surface area contributed by atoms with Crippen LogP contribution in [0.5, 0.6) is 0 Å². The molecular formula is C10H13F2NO. The summed E-state index contributed by atoms with van der Waals surface area (Å²) in [7, 11) is 1.60. The van der Waals surface area contributed by atoms with Gasteiger partial charge in [-0.2, -0.15) is 0 Å². The van der Waals surface area contributed by atoms with Crippen LogP contribution in [0.1, 0.15) is 5.56 Å². The first kappa shape index (κ1) is 11.1. The smallest absolute Gasteiger partial charge is 0.130 e. The van der Waals surface area contributed by atoms with E-state index in [0.29, 0.717) is 25.3 Å². The van der Waals surface area contributed by atoms with E-state index in [1.807, 2.05) is 0 Å². The molecule has 0 amide bonds. The van der Waals surface area contributed by atoms with Crippen LogP contribution >= 0.6 is 0 Å². The fourth-order valence-corrected chi connectivity index (χ4v) is 1.06. The van der Waals surface area contributed by atoms with E-state index in [1.54, 1.807) is 7.11 Å². The summed E-state index contributed by atoms with van der Waals surface area (Å²) in [5, 5.41) is 2.98. The predicted molar refractivity (Wildman–Crippen MR) is 49.9 cm³/mol. The van der Waals surface area contributed by atoms with E-state index >= 15 is 0 Å². The number of rotatable bonds is 5. The normalized spacial score (nSPS) is 10.5. The summed E-state index contributed by atoms with van der Waals surface area (Å²) in [6.07, 6.45) is 0. The number of benzene rings is 1. The highest BCUT2D eigenvalue weighted by Gasteiger charge is 2.02. The van der Waals surface area contributed by atoms with Crippen LogP contribution in [-0.4, -0.2) is 20.3 Å². The average Bonchev–Trinajstić information content (AvgIpc) is 2.15. The molecule has 0 bridgehead atoms. The van der Waals surface area contributed by atoms with Crippen molar-refractivity contribution in [3.8, 4) is 0 Å². The number of methoxy groups -OCH3 is 1. The van der Waals surface area contributed by atoms with Gasteiger partial charge in [0.05, 0.1) is 6.61 Å². The fraction of sp³-hybridized carbons (Fsp3) is 0.400. The Balaban J connectivity index is 2.42. The molecule has 2 nitrogen and oxygen atoms in total. The summed E-state index contributed by atoms with van der Waals surface area (Å²) in [6.45, 7) is 1.60. The van der Waals surface area contributed by atoms with Crippen LogP contribution in [0.4, 0.5) is 8.78 Å². The molecule has 0 unspecified atom stereocenters. The lowest BCUT2D eigenvalue weighted by atomic mass is 10.2. The van der Waals surface area contributed by atoms with Gasteiger partial charge in [-0.15, -0.1) is 0 Å². The standard InChI is InChI=1S/C10H13F2NO/c1-14-5-4-13-7-8-2-3-9(11)6-10(8)12/h2-3,6,13H,4-5,7H2,1H3. The molecule has 0 heterocycles. The summed E-state index contributed by atoms with van der Waals surface area (Å²) in [6, 6.07) is 3.56. The van der Waals surface area contributed by atoms with E-state index in [1.165, 1.54) is 12.1 Å². The van der Waals surface area contributed by atoms with Gasteiger partial charge in [0, 0.05) is 31.8 Å². The van der Waals surface area contributed by atoms with Gasteiger partial charge in [-0.1, -0.05) is 6.07 Å². The van der Waals surface area contributed by atoms with Crippen molar-refractivity contribution in [2.24, 2.45) is 0 Å². The third-order valence-corrected chi connectivity index (χ3v) is 1.81. The van der Waals surface area contributed by atoms with Gasteiger partial charge in [-0.25, -0.2) is 8.78 Å². The zero-order valence-corrected chi connectivity index (χ0v) is 8.02. The Morgan fingerprint density at radius 3 is 2.79 bits per heavy atom. The van der Waals surface area contributed by atoms with Crippen LogP contribution in [0.3, 0.4) is 0 Å². The summed E-state index contributed by atoms with van der Waals surface area (Å²) >= 11 is 0. The molecule has 0 aliphatic carbocycles. The molecule has 1 aromatic carbocycles. The minimum atomic E-state index is -0.553. The quantitative estimate of drug-likeness (QED) is 0.732. The molecule has 1 rings (SSSR count). The lowest BCUT2D eigenvalue weighted by Gasteiger charge is -2.05. The molecule has 0 saturated carbocycles. The first-order valence-electron chi connectivity index (χ1n) is 4.37. The van der Waals surface area contributed by atoms with Crippen molar-refractivity contribution in [1.82, 2.24) is 5.32 Å². The molecule has 0 fully saturated rings. The van der Waals surface area contributed by atoms with Crippen LogP contribution in [-0.2, 0) is 11.3 Å². The summed E-state index contributed by atoms with van der Waals surface area (Å²) in [5.74, 6) is -1.07. The second kappa shape index (κ2) is 5.67. The van der Waals surface area contributed by atoms with Crippen LogP contribution in [0.2, 0.25) is 0 Å². The van der Waals surface area contributed by atoms with Gasteiger partial charge >= 0.3 is 0 Å². The second-order valence-corrected chi connectivity index (χ2v) is 2.91. The van der Waals surface area contributed by atoms with Crippen molar-refractivity contribution in [3.05, 3.63) is 35.4 Å². The topological polar surface area (TPSA) is 21.3 Å². The Kier molecular flexibility index (Phi) is 4.49. The van der Waals surface area contributed by atoms with Gasteiger partial charge in [0.15, 0.2) is 0 Å². The summed E-state index contributed by atoms with van der Waals surface area (Å²) in [4.78, 5) is 0. The van der Waals surface area contributed by atoms with Gasteiger partial charge < -0.3 is 10.1 Å². The Labute approximate surface area is 81.9 Å². The van der Waals surface area contributed by atoms with Gasteiger partial charge in [0.25, 0.3) is 0 Å². The van der Waals surface area contributed by atoms with Crippen molar-refractivity contribution in [2.45, 2.75) is 6.54 Å². The highest BCUT2D eigenvalue weighted by molar-refractivity contribution is 5.18. The number of nitrogens with one attached hydrogen (secondary N) is 1. The molecule has 0 aromatic heterocycles. The lowest BCUT2D eigenvalue weighted by molar-refractivity contribution is 0.199. The molecule has 1 N–H and O–H groups in total. The van der Waals surface area contributed by atoms with Gasteiger partial charge in [-0.05, 0) is 6.07 Å². The third-order valence-electron chi connectivity index (χ3n) is 1.81. The number of hydrogen-bond acceptors (Lipinski definition) is 2. The largest absolute Gasteiger partial charge is 0.383 e. The molecule has 1 aromatic rings. The van der Waals surface area contributed by atoms with E-state index in [-0.39, 0.29) is 0 Å². The van der Waals surface area contributed by atoms with E-state index in [4.69, 9.17) is 4.74 Å². The molecule has 4 heteroatoms. The van der Waals surface area contributed by atoms with E-state index < -0.39 is 11.6 Å². The minimum absolute atomic E-state index is 0.384. The Morgan fingerprint density at radius 1 is 1.36 bits per heavy atom. The first-order chi connectivity index (χ1) is 6.74. The molecule has 14 heavy (non-hydrogen) atoms. The average molecular weight is 201 g/mol. The van der Waals surface area contributed by atoms with Crippen LogP contribution < -0.4 is 5.32 Å². The third kappa shape index (κ3) is 3.40. The highest BCUT2D eigenvalue weighted by atomic mass is 19.1. The molecule has 0 spiro atoms. The van der Waals surface area contributed by atoms with Gasteiger partial charge in [0.2, 0.25) is 0 Å². The SMILES string of the molecule is COCCNCc1ccc(F)cc1F. The summed E-state index contributed by atoms with van der Waals surface area (Å²) < 4.78 is 30.4. The molecule has 0 radical (unpaired) electrons. The monoisotopic (exact) mass is 201 g/mol. The number of hydrogen-bond donors (Lipinski definition) is 1. The zero-order valence-electron chi connectivity index (χ0n) is 8.02. The molecule has 0 aliphatic rings. The van der Waals surface area contributed by atoms with Crippen molar-refractivity contribution >= 4 is 0 Å². The number of halogens is 2. The van der Waals surface area contributed by atoms with Crippen LogP contribution in [0.25, 0.3) is 0 Å². The Hall–Kier alpha value is -1.00. The Morgan fingerprint density at radius 2 is 2.14 bits per heavy atom. The molecular weight excluding hydrogens is 188 g/mol. The maximum Gasteiger partial charge on any atom is 0.130 e. The van der Waals surface area contributed by atoms with Crippen LogP contribution in [0.15, 0.2) is 18.2 Å². The summed E-state index contributed by atoms with van der Waals surface area (Å²) in [5.41, 5.74) is 0.461. The Bertz CT molecular complexity index is 291. The van der Waals surface area contributed by atoms with Crippen molar-refractivity contribution in [1.29, 1.82) is 0 Å². The molecule has 78 valence electrons. The van der Waals surface area contributed by atoms with E-state index in [9.17, 15) is 8.78 Å². The lowest BCUT2D eigenvalue weighted by Crippen LogP contribution is -2.19. The fourth-order valence-electron chi connectivity index (χ4n) is 1.06. The van der Waals surface area contributed by atoms with Crippen LogP contribution in [0, 0.1) is 11.6 Å². The van der Waals surface area contributed by atoms with Crippen molar-refractivity contribution in [3.63, 3.8) is 0 Å². The van der Waals surface area contributed by atoms with E-state index in [2.05, 4.69) is 5.32 Å². The van der Waals surface area contributed by atoms with E-state index in [0.717, 1.165) is 6.07 Å². The molecule has 0 aliphatic heterocycles. The van der Waals surface area contributed by atoms with Crippen molar-refractivity contribution in [2.75, 3.05) is 20.3 Å². The zero-order chi connectivity index (χ0) is 10.4. The van der Waals surface area contributed by atoms with Gasteiger partial charge in [0.1, 0.15) is 11.6 Å². The molecule has 0 saturated heterocycles. The molecule has 0 atom stereocenters. The first-order valence-corrected chi connectivity index (χ1v) is 4.37. The maximum atomic E-state index is 13.0. The maximum absolute atomic E-state index is 13.0. The predicted octanol–water partition coefficient (Wildman–Crippen LogP) is 1.70. The minimum Gasteiger partial charge on any atom is -0.383 e. The van der Waals surface area contributed by atoms with Gasteiger partial charge in [-0.3, -0.25) is 0 Å². The van der Waals surface area contributed by atoms with Crippen molar-refractivity contribution < 1.29 is 13.5 Å². The highest BCUT2D eigenvalue weighted by Crippen LogP contribution is 2.08.